The SMILES string of the molecule is Clc1cc(Sc2nnnn2C2CCCC2)n2ncnc2n1. The molecule has 1 saturated carbocycles. The molecule has 0 N–H and O–H groups in total. The third kappa shape index (κ3) is 2.36. The molecule has 3 aromatic heterocycles. The van der Waals surface area contributed by atoms with Gasteiger partial charge in [-0.05, 0) is 35.0 Å². The van der Waals surface area contributed by atoms with Crippen molar-refractivity contribution in [1.82, 2.24) is 39.8 Å². The normalized spacial score (nSPS) is 16.0. The van der Waals surface area contributed by atoms with Gasteiger partial charge in [0.2, 0.25) is 5.16 Å². The van der Waals surface area contributed by atoms with E-state index in [-0.39, 0.29) is 0 Å². The second-order valence-electron chi connectivity index (χ2n) is 4.84. The largest absolute Gasteiger partial charge is 0.254 e. The Hall–Kier alpha value is -1.74. The van der Waals surface area contributed by atoms with Gasteiger partial charge in [-0.15, -0.1) is 5.10 Å². The fourth-order valence-electron chi connectivity index (χ4n) is 2.55. The average Bonchev–Trinajstić information content (AvgIpc) is 3.18. The molecule has 1 aliphatic carbocycles. The molecule has 0 bridgehead atoms. The number of fused-ring (bicyclic) bond motifs is 1. The molecule has 0 aliphatic heterocycles. The zero-order valence-corrected chi connectivity index (χ0v) is 12.5. The highest BCUT2D eigenvalue weighted by molar-refractivity contribution is 7.99. The predicted molar refractivity (Wildman–Crippen MR) is 75.2 cm³/mol. The molecule has 4 rings (SSSR count). The van der Waals surface area contributed by atoms with Crippen LogP contribution in [0.1, 0.15) is 31.7 Å². The van der Waals surface area contributed by atoms with Crippen LogP contribution in [-0.2, 0) is 0 Å². The minimum absolute atomic E-state index is 0.373. The molecule has 0 spiro atoms. The van der Waals surface area contributed by atoms with Crippen molar-refractivity contribution in [2.45, 2.75) is 41.9 Å². The monoisotopic (exact) mass is 322 g/mol. The molecule has 0 aromatic carbocycles. The molecule has 8 nitrogen and oxygen atoms in total. The average molecular weight is 323 g/mol. The van der Waals surface area contributed by atoms with Gasteiger partial charge in [0, 0.05) is 6.07 Å². The van der Waals surface area contributed by atoms with E-state index in [1.807, 2.05) is 4.68 Å². The van der Waals surface area contributed by atoms with Crippen LogP contribution in [0.15, 0.2) is 22.6 Å². The summed E-state index contributed by atoms with van der Waals surface area (Å²) < 4.78 is 3.53. The summed E-state index contributed by atoms with van der Waals surface area (Å²) in [6.07, 6.45) is 6.14. The highest BCUT2D eigenvalue weighted by atomic mass is 35.5. The quantitative estimate of drug-likeness (QED) is 0.682. The van der Waals surface area contributed by atoms with Gasteiger partial charge in [0.1, 0.15) is 16.5 Å². The van der Waals surface area contributed by atoms with Gasteiger partial charge in [-0.2, -0.15) is 19.6 Å². The fourth-order valence-corrected chi connectivity index (χ4v) is 3.73. The molecule has 21 heavy (non-hydrogen) atoms. The van der Waals surface area contributed by atoms with E-state index in [0.29, 0.717) is 17.0 Å². The van der Waals surface area contributed by atoms with Crippen molar-refractivity contribution < 1.29 is 0 Å². The first kappa shape index (κ1) is 13.0. The molecule has 3 aromatic rings. The smallest absolute Gasteiger partial charge is 0.217 e. The Morgan fingerprint density at radius 1 is 1.29 bits per heavy atom. The lowest BCUT2D eigenvalue weighted by atomic mass is 10.3. The van der Waals surface area contributed by atoms with Gasteiger partial charge in [0.15, 0.2) is 0 Å². The molecule has 1 aliphatic rings. The summed E-state index contributed by atoms with van der Waals surface area (Å²) >= 11 is 7.44. The molecule has 0 amide bonds. The van der Waals surface area contributed by atoms with Crippen LogP contribution in [0.2, 0.25) is 5.15 Å². The summed E-state index contributed by atoms with van der Waals surface area (Å²) in [5.74, 6) is 0.463. The highest BCUT2D eigenvalue weighted by Gasteiger charge is 2.22. The van der Waals surface area contributed by atoms with E-state index in [9.17, 15) is 0 Å². The summed E-state index contributed by atoms with van der Waals surface area (Å²) in [5.41, 5.74) is 0. The second kappa shape index (κ2) is 5.23. The van der Waals surface area contributed by atoms with Gasteiger partial charge >= 0.3 is 0 Å². The van der Waals surface area contributed by atoms with Gasteiger partial charge in [-0.25, -0.2) is 4.68 Å². The van der Waals surface area contributed by atoms with Crippen molar-refractivity contribution in [2.24, 2.45) is 0 Å². The molecule has 1 fully saturated rings. The van der Waals surface area contributed by atoms with Crippen LogP contribution in [0, 0.1) is 0 Å². The van der Waals surface area contributed by atoms with E-state index >= 15 is 0 Å². The Bertz CT molecular complexity index is 777. The molecular weight excluding hydrogens is 312 g/mol. The molecule has 0 unspecified atom stereocenters. The summed E-state index contributed by atoms with van der Waals surface area (Å²) in [5, 5.41) is 18.1. The lowest BCUT2D eigenvalue weighted by Crippen LogP contribution is -2.08. The van der Waals surface area contributed by atoms with E-state index in [1.165, 1.54) is 30.9 Å². The van der Waals surface area contributed by atoms with Crippen molar-refractivity contribution in [3.63, 3.8) is 0 Å². The van der Waals surface area contributed by atoms with Crippen molar-refractivity contribution in [3.05, 3.63) is 17.5 Å². The second-order valence-corrected chi connectivity index (χ2v) is 6.21. The fraction of sp³-hybridized carbons (Fsp3) is 0.455. The number of nitrogens with zero attached hydrogens (tertiary/aromatic N) is 8. The Morgan fingerprint density at radius 2 is 2.14 bits per heavy atom. The van der Waals surface area contributed by atoms with Gasteiger partial charge in [0.05, 0.1) is 6.04 Å². The number of aromatic nitrogens is 8. The molecule has 10 heteroatoms. The van der Waals surface area contributed by atoms with Crippen molar-refractivity contribution in [2.75, 3.05) is 0 Å². The summed E-state index contributed by atoms with van der Waals surface area (Å²) in [6, 6.07) is 2.12. The standard InChI is InChI=1S/C11H11ClN8S/c12-8-5-9(20-10(15-8)13-6-14-20)21-11-16-17-18-19(11)7-3-1-2-4-7/h5-7H,1-4H2. The molecule has 0 saturated heterocycles. The van der Waals surface area contributed by atoms with E-state index in [1.54, 1.807) is 10.6 Å². The lowest BCUT2D eigenvalue weighted by Gasteiger charge is -2.10. The van der Waals surface area contributed by atoms with E-state index in [4.69, 9.17) is 11.6 Å². The van der Waals surface area contributed by atoms with Crippen LogP contribution in [0.25, 0.3) is 5.78 Å². The summed E-state index contributed by atoms with van der Waals surface area (Å²) in [6.45, 7) is 0. The zero-order valence-electron chi connectivity index (χ0n) is 10.9. The molecule has 0 atom stereocenters. The van der Waals surface area contributed by atoms with E-state index in [0.717, 1.165) is 23.0 Å². The molecule has 108 valence electrons. The Labute approximate surface area is 128 Å². The first-order chi connectivity index (χ1) is 10.3. The number of halogens is 1. The first-order valence-electron chi connectivity index (χ1n) is 6.63. The third-order valence-electron chi connectivity index (χ3n) is 3.52. The molecular formula is C11H11ClN8S. The van der Waals surface area contributed by atoms with Crippen molar-refractivity contribution in [1.29, 1.82) is 0 Å². The van der Waals surface area contributed by atoms with Crippen molar-refractivity contribution >= 4 is 29.1 Å². The van der Waals surface area contributed by atoms with Gasteiger partial charge in [0.25, 0.3) is 5.78 Å². The number of hydrogen-bond donors (Lipinski definition) is 0. The van der Waals surface area contributed by atoms with Crippen LogP contribution in [-0.4, -0.2) is 39.8 Å². The number of tetrazole rings is 1. The summed E-state index contributed by atoms with van der Waals surface area (Å²) in [7, 11) is 0. The topological polar surface area (TPSA) is 86.7 Å². The Morgan fingerprint density at radius 3 is 3.00 bits per heavy atom. The van der Waals surface area contributed by atoms with Crippen LogP contribution in [0.4, 0.5) is 0 Å². The maximum atomic E-state index is 6.02. The molecule has 0 radical (unpaired) electrons. The summed E-state index contributed by atoms with van der Waals surface area (Å²) in [4.78, 5) is 8.16. The van der Waals surface area contributed by atoms with Gasteiger partial charge in [-0.1, -0.05) is 24.4 Å². The number of hydrogen-bond acceptors (Lipinski definition) is 7. The van der Waals surface area contributed by atoms with Crippen LogP contribution >= 0.6 is 23.4 Å². The van der Waals surface area contributed by atoms with Crippen molar-refractivity contribution in [3.8, 4) is 0 Å². The first-order valence-corrected chi connectivity index (χ1v) is 7.83. The Kier molecular flexibility index (Phi) is 3.23. The minimum atomic E-state index is 0.373. The van der Waals surface area contributed by atoms with E-state index < -0.39 is 0 Å². The van der Waals surface area contributed by atoms with Crippen LogP contribution in [0.3, 0.4) is 0 Å². The third-order valence-corrected chi connectivity index (χ3v) is 4.66. The van der Waals surface area contributed by atoms with Crippen LogP contribution in [0.5, 0.6) is 0 Å². The minimum Gasteiger partial charge on any atom is -0.217 e. The highest BCUT2D eigenvalue weighted by Crippen LogP contribution is 2.34. The predicted octanol–water partition coefficient (Wildman–Crippen LogP) is 2.03. The maximum absolute atomic E-state index is 6.02. The Balaban J connectivity index is 1.72. The van der Waals surface area contributed by atoms with E-state index in [2.05, 4.69) is 30.6 Å². The maximum Gasteiger partial charge on any atom is 0.254 e. The van der Waals surface area contributed by atoms with Gasteiger partial charge in [-0.3, -0.25) is 0 Å². The van der Waals surface area contributed by atoms with Crippen LogP contribution < -0.4 is 0 Å². The van der Waals surface area contributed by atoms with Gasteiger partial charge < -0.3 is 0 Å². The molecule has 3 heterocycles. The zero-order chi connectivity index (χ0) is 14.2. The lowest BCUT2D eigenvalue weighted by molar-refractivity contribution is 0.423. The number of rotatable bonds is 3.